The van der Waals surface area contributed by atoms with Gasteiger partial charge >= 0.3 is 0 Å². The third kappa shape index (κ3) is 3.85. The number of nitrogens with zero attached hydrogens (tertiary/aromatic N) is 4. The molecule has 1 fully saturated rings. The maximum Gasteiger partial charge on any atom is 0.155 e. The second kappa shape index (κ2) is 7.89. The van der Waals surface area contributed by atoms with Gasteiger partial charge in [0.1, 0.15) is 18.2 Å². The number of piperidine rings is 1. The van der Waals surface area contributed by atoms with Crippen molar-refractivity contribution >= 4 is 5.57 Å². The summed E-state index contributed by atoms with van der Waals surface area (Å²) in [6.45, 7) is 7.51. The van der Waals surface area contributed by atoms with Crippen molar-refractivity contribution in [3.05, 3.63) is 76.4 Å². The Balaban J connectivity index is 1.45. The lowest BCUT2D eigenvalue weighted by atomic mass is 9.85. The largest absolute Gasteiger partial charge is 0.488 e. The summed E-state index contributed by atoms with van der Waals surface area (Å²) < 4.78 is 20.0. The van der Waals surface area contributed by atoms with Crippen LogP contribution in [0.3, 0.4) is 0 Å². The lowest BCUT2D eigenvalue weighted by Crippen LogP contribution is -2.41. The van der Waals surface area contributed by atoms with Crippen LogP contribution in [0.2, 0.25) is 0 Å². The highest BCUT2D eigenvalue weighted by Gasteiger charge is 2.30. The lowest BCUT2D eigenvalue weighted by molar-refractivity contribution is 0.206. The van der Waals surface area contributed by atoms with Gasteiger partial charge in [-0.1, -0.05) is 43.7 Å². The topological polar surface area (TPSA) is 66.9 Å². The van der Waals surface area contributed by atoms with Gasteiger partial charge < -0.3 is 9.64 Å². The molecule has 0 radical (unpaired) electrons. The van der Waals surface area contributed by atoms with Crippen molar-refractivity contribution in [3.63, 3.8) is 0 Å². The molecule has 2 aromatic carbocycles. The number of likely N-dealkylation sites (tertiary alicyclic amines) is 1. The van der Waals surface area contributed by atoms with E-state index in [1.807, 2.05) is 24.3 Å². The van der Waals surface area contributed by atoms with E-state index < -0.39 is 0 Å². The number of nitrogens with one attached hydrogen (secondary N) is 1. The minimum absolute atomic E-state index is 0.152. The number of tetrazole rings is 1. The highest BCUT2D eigenvalue weighted by molar-refractivity contribution is 5.87. The predicted molar refractivity (Wildman–Crippen MR) is 116 cm³/mol. The number of para-hydroxylation sites is 1. The maximum absolute atomic E-state index is 14.0. The van der Waals surface area contributed by atoms with Crippen LogP contribution in [-0.4, -0.2) is 45.2 Å². The Morgan fingerprint density at radius 1 is 1.10 bits per heavy atom. The van der Waals surface area contributed by atoms with Crippen molar-refractivity contribution in [2.75, 3.05) is 19.6 Å². The molecule has 6 nitrogen and oxygen atoms in total. The van der Waals surface area contributed by atoms with E-state index in [1.54, 1.807) is 12.1 Å². The first-order valence-electron chi connectivity index (χ1n) is 10.7. The third-order valence-electron chi connectivity index (χ3n) is 6.29. The Bertz CT molecular complexity index is 1110. The molecule has 7 heteroatoms. The van der Waals surface area contributed by atoms with E-state index in [9.17, 15) is 4.39 Å². The molecular weight excluding hydrogens is 393 g/mol. The molecule has 0 bridgehead atoms. The maximum atomic E-state index is 14.0. The third-order valence-corrected chi connectivity index (χ3v) is 6.29. The zero-order valence-electron chi connectivity index (χ0n) is 17.9. The summed E-state index contributed by atoms with van der Waals surface area (Å²) in [5.74, 6) is 1.45. The number of halogens is 1. The summed E-state index contributed by atoms with van der Waals surface area (Å²) in [4.78, 5) is 2.47. The second-order valence-electron chi connectivity index (χ2n) is 8.97. The molecule has 160 valence electrons. The minimum atomic E-state index is -0.225. The second-order valence-corrected chi connectivity index (χ2v) is 8.97. The summed E-state index contributed by atoms with van der Waals surface area (Å²) in [7, 11) is 0. The Kier molecular flexibility index (Phi) is 5.06. The van der Waals surface area contributed by atoms with Crippen LogP contribution in [0, 0.1) is 5.82 Å². The summed E-state index contributed by atoms with van der Waals surface area (Å²) >= 11 is 0. The van der Waals surface area contributed by atoms with Crippen LogP contribution in [0.1, 0.15) is 49.2 Å². The first kappa shape index (κ1) is 19.9. The van der Waals surface area contributed by atoms with E-state index in [4.69, 9.17) is 4.74 Å². The first-order valence-corrected chi connectivity index (χ1v) is 10.7. The fourth-order valence-electron chi connectivity index (χ4n) is 4.72. The molecule has 1 saturated heterocycles. The minimum Gasteiger partial charge on any atom is -0.488 e. The molecule has 0 aliphatic carbocycles. The average molecular weight is 420 g/mol. The number of benzene rings is 2. The van der Waals surface area contributed by atoms with E-state index >= 15 is 0 Å². The van der Waals surface area contributed by atoms with Crippen molar-refractivity contribution in [2.24, 2.45) is 0 Å². The zero-order chi connectivity index (χ0) is 21.4. The number of H-pyrrole nitrogens is 1. The first-order chi connectivity index (χ1) is 15.0. The standard InChI is InChI=1S/C24H26FN5O/c1-24(2,23-26-28-29-27-23)15-30-11-9-16(10-12-30)22-19-8-7-18(25)13-17(19)14-31-21-6-4-3-5-20(21)22/h3-8,13H,9-12,14-15H2,1-2H3,(H,26,27,28,29). The van der Waals surface area contributed by atoms with Gasteiger partial charge in [0.2, 0.25) is 0 Å². The van der Waals surface area contributed by atoms with Gasteiger partial charge in [-0.15, -0.1) is 5.10 Å². The number of ether oxygens (including phenoxy) is 1. The highest BCUT2D eigenvalue weighted by Crippen LogP contribution is 2.41. The summed E-state index contributed by atoms with van der Waals surface area (Å²) in [5, 5.41) is 14.5. The number of aromatic amines is 1. The van der Waals surface area contributed by atoms with Crippen LogP contribution in [0.15, 0.2) is 48.0 Å². The highest BCUT2D eigenvalue weighted by atomic mass is 19.1. The molecule has 0 spiro atoms. The zero-order valence-corrected chi connectivity index (χ0v) is 17.9. The quantitative estimate of drug-likeness (QED) is 0.692. The molecule has 3 heterocycles. The number of hydrogen-bond donors (Lipinski definition) is 1. The van der Waals surface area contributed by atoms with Crippen molar-refractivity contribution in [1.29, 1.82) is 0 Å². The van der Waals surface area contributed by atoms with Gasteiger partial charge in [0.15, 0.2) is 5.82 Å². The molecule has 5 rings (SSSR count). The van der Waals surface area contributed by atoms with E-state index in [1.165, 1.54) is 11.1 Å². The number of rotatable bonds is 3. The lowest BCUT2D eigenvalue weighted by Gasteiger charge is -2.35. The normalized spacial score (nSPS) is 17.0. The van der Waals surface area contributed by atoms with Gasteiger partial charge in [-0.3, -0.25) is 0 Å². The van der Waals surface area contributed by atoms with Gasteiger partial charge in [-0.2, -0.15) is 0 Å². The smallest absolute Gasteiger partial charge is 0.155 e. The number of hydrogen-bond acceptors (Lipinski definition) is 5. The summed E-state index contributed by atoms with van der Waals surface area (Å²) in [5.41, 5.74) is 5.55. The molecule has 1 N–H and O–H groups in total. The average Bonchev–Trinajstić information content (AvgIpc) is 3.26. The SMILES string of the molecule is CC(C)(CN1CCC(=C2c3ccc(F)cc3COc3ccccc32)CC1)c1nnn[nH]1. The molecule has 0 saturated carbocycles. The van der Waals surface area contributed by atoms with Gasteiger partial charge in [-0.25, -0.2) is 9.49 Å². The Hall–Kier alpha value is -3.06. The van der Waals surface area contributed by atoms with Gasteiger partial charge in [0.25, 0.3) is 0 Å². The van der Waals surface area contributed by atoms with E-state index in [0.29, 0.717) is 6.61 Å². The van der Waals surface area contributed by atoms with Crippen LogP contribution in [0.5, 0.6) is 5.75 Å². The van der Waals surface area contributed by atoms with Crippen LogP contribution in [-0.2, 0) is 12.0 Å². The van der Waals surface area contributed by atoms with Crippen LogP contribution < -0.4 is 4.74 Å². The summed E-state index contributed by atoms with van der Waals surface area (Å²) in [6.07, 6.45) is 1.93. The Morgan fingerprint density at radius 2 is 1.90 bits per heavy atom. The number of fused-ring (bicyclic) bond motifs is 2. The van der Waals surface area contributed by atoms with Gasteiger partial charge in [-0.05, 0) is 52.6 Å². The predicted octanol–water partition coefficient (Wildman–Crippen LogP) is 4.11. The molecule has 0 atom stereocenters. The van der Waals surface area contributed by atoms with Crippen molar-refractivity contribution in [3.8, 4) is 5.75 Å². The molecule has 31 heavy (non-hydrogen) atoms. The van der Waals surface area contributed by atoms with Crippen LogP contribution in [0.4, 0.5) is 4.39 Å². The van der Waals surface area contributed by atoms with Gasteiger partial charge in [0.05, 0.1) is 0 Å². The monoisotopic (exact) mass is 419 g/mol. The molecule has 2 aliphatic heterocycles. The van der Waals surface area contributed by atoms with Gasteiger partial charge in [0, 0.05) is 36.2 Å². The molecule has 2 aliphatic rings. The fraction of sp³-hybridized carbons (Fsp3) is 0.375. The molecule has 0 unspecified atom stereocenters. The van der Waals surface area contributed by atoms with Crippen molar-refractivity contribution in [2.45, 2.75) is 38.7 Å². The van der Waals surface area contributed by atoms with Crippen molar-refractivity contribution in [1.82, 2.24) is 25.5 Å². The van der Waals surface area contributed by atoms with Crippen LogP contribution in [0.25, 0.3) is 5.57 Å². The van der Waals surface area contributed by atoms with Crippen LogP contribution >= 0.6 is 0 Å². The molecule has 1 aromatic heterocycles. The Morgan fingerprint density at radius 3 is 2.68 bits per heavy atom. The fourth-order valence-corrected chi connectivity index (χ4v) is 4.72. The van der Waals surface area contributed by atoms with E-state index in [2.05, 4.69) is 45.4 Å². The number of aromatic nitrogens is 4. The van der Waals surface area contributed by atoms with E-state index in [0.717, 1.165) is 60.7 Å². The molecular formula is C24H26FN5O. The summed E-state index contributed by atoms with van der Waals surface area (Å²) in [6, 6.07) is 13.2. The molecule has 3 aromatic rings. The van der Waals surface area contributed by atoms with E-state index in [-0.39, 0.29) is 11.2 Å². The molecule has 0 amide bonds. The Labute approximate surface area is 181 Å². The van der Waals surface area contributed by atoms with Crippen molar-refractivity contribution < 1.29 is 9.13 Å².